The topological polar surface area (TPSA) is 34.9 Å². The van der Waals surface area contributed by atoms with E-state index in [1.165, 1.54) is 4.68 Å². The Kier molecular flexibility index (Phi) is 3.51. The highest BCUT2D eigenvalue weighted by molar-refractivity contribution is 9.09. The molecule has 0 bridgehead atoms. The van der Waals surface area contributed by atoms with Crippen LogP contribution in [0, 0.1) is 0 Å². The third-order valence-electron chi connectivity index (χ3n) is 2.29. The number of hydrogen-bond acceptors (Lipinski definition) is 2. The fourth-order valence-electron chi connectivity index (χ4n) is 1.53. The van der Waals surface area contributed by atoms with Gasteiger partial charge in [0, 0.05) is 11.5 Å². The Morgan fingerprint density at radius 1 is 1.19 bits per heavy atom. The summed E-state index contributed by atoms with van der Waals surface area (Å²) < 4.78 is 1.47. The molecule has 0 aliphatic carbocycles. The van der Waals surface area contributed by atoms with Gasteiger partial charge in [-0.25, -0.2) is 4.68 Å². The number of nitrogens with zero attached hydrogens (tertiary/aromatic N) is 2. The number of rotatable bonds is 3. The minimum absolute atomic E-state index is 0.0480. The van der Waals surface area contributed by atoms with Crippen LogP contribution in [0.25, 0.3) is 11.1 Å². The molecule has 0 aliphatic heterocycles. The van der Waals surface area contributed by atoms with E-state index in [-0.39, 0.29) is 5.56 Å². The summed E-state index contributed by atoms with van der Waals surface area (Å²) in [5.74, 6) is 0. The zero-order chi connectivity index (χ0) is 11.4. The molecule has 82 valence electrons. The number of aromatic nitrogens is 2. The number of halogens is 1. The van der Waals surface area contributed by atoms with Gasteiger partial charge in [0.2, 0.25) is 0 Å². The van der Waals surface area contributed by atoms with Gasteiger partial charge in [-0.05, 0) is 11.6 Å². The highest BCUT2D eigenvalue weighted by Crippen LogP contribution is 2.13. The van der Waals surface area contributed by atoms with Gasteiger partial charge in [0.15, 0.2) is 0 Å². The van der Waals surface area contributed by atoms with Crippen LogP contribution in [0.4, 0.5) is 0 Å². The maximum absolute atomic E-state index is 12.0. The Labute approximate surface area is 102 Å². The van der Waals surface area contributed by atoms with Crippen LogP contribution in [0.15, 0.2) is 47.4 Å². The van der Waals surface area contributed by atoms with E-state index in [1.54, 1.807) is 12.3 Å². The normalized spacial score (nSPS) is 10.3. The number of aryl methyl sites for hydroxylation is 1. The quantitative estimate of drug-likeness (QED) is 0.808. The maximum Gasteiger partial charge on any atom is 0.274 e. The van der Waals surface area contributed by atoms with Gasteiger partial charge >= 0.3 is 0 Å². The number of hydrogen-bond donors (Lipinski definition) is 0. The molecule has 1 heterocycles. The Hall–Kier alpha value is -1.42. The van der Waals surface area contributed by atoms with Gasteiger partial charge in [-0.3, -0.25) is 4.79 Å². The van der Waals surface area contributed by atoms with Gasteiger partial charge in [-0.1, -0.05) is 46.3 Å². The van der Waals surface area contributed by atoms with E-state index in [9.17, 15) is 4.79 Å². The van der Waals surface area contributed by atoms with Crippen LogP contribution in [-0.2, 0) is 6.54 Å². The second-order valence-corrected chi connectivity index (χ2v) is 4.12. The molecule has 0 saturated heterocycles. The molecule has 0 N–H and O–H groups in total. The lowest BCUT2D eigenvalue weighted by Crippen LogP contribution is -2.24. The van der Waals surface area contributed by atoms with Crippen molar-refractivity contribution in [1.82, 2.24) is 9.78 Å². The summed E-state index contributed by atoms with van der Waals surface area (Å²) in [4.78, 5) is 12.0. The van der Waals surface area contributed by atoms with Gasteiger partial charge in [0.05, 0.1) is 12.1 Å². The predicted molar refractivity (Wildman–Crippen MR) is 67.7 cm³/mol. The van der Waals surface area contributed by atoms with Crippen molar-refractivity contribution in [1.29, 1.82) is 0 Å². The van der Waals surface area contributed by atoms with Crippen molar-refractivity contribution >= 4 is 15.9 Å². The molecule has 0 spiro atoms. The van der Waals surface area contributed by atoms with Gasteiger partial charge in [0.1, 0.15) is 0 Å². The van der Waals surface area contributed by atoms with Gasteiger partial charge in [-0.2, -0.15) is 5.10 Å². The molecule has 0 unspecified atom stereocenters. The monoisotopic (exact) mass is 278 g/mol. The number of alkyl halides is 1. The summed E-state index contributed by atoms with van der Waals surface area (Å²) >= 11 is 3.30. The van der Waals surface area contributed by atoms with Crippen molar-refractivity contribution in [2.75, 3.05) is 5.33 Å². The van der Waals surface area contributed by atoms with Crippen molar-refractivity contribution in [2.24, 2.45) is 0 Å². The van der Waals surface area contributed by atoms with E-state index in [2.05, 4.69) is 21.0 Å². The van der Waals surface area contributed by atoms with Crippen molar-refractivity contribution in [2.45, 2.75) is 6.54 Å². The third kappa shape index (κ3) is 2.22. The second-order valence-electron chi connectivity index (χ2n) is 3.33. The Morgan fingerprint density at radius 2 is 1.94 bits per heavy atom. The van der Waals surface area contributed by atoms with Crippen molar-refractivity contribution < 1.29 is 0 Å². The first-order chi connectivity index (χ1) is 7.83. The highest BCUT2D eigenvalue weighted by Gasteiger charge is 2.05. The molecule has 2 aromatic rings. The molecule has 0 fully saturated rings. The average Bonchev–Trinajstić information content (AvgIpc) is 2.33. The Morgan fingerprint density at radius 3 is 2.62 bits per heavy atom. The summed E-state index contributed by atoms with van der Waals surface area (Å²) in [7, 11) is 0. The largest absolute Gasteiger partial charge is 0.274 e. The van der Waals surface area contributed by atoms with E-state index >= 15 is 0 Å². The summed E-state index contributed by atoms with van der Waals surface area (Å²) in [5.41, 5.74) is 1.57. The van der Waals surface area contributed by atoms with E-state index in [4.69, 9.17) is 0 Å². The minimum atomic E-state index is -0.0480. The molecule has 0 amide bonds. The molecule has 0 saturated carbocycles. The molecule has 16 heavy (non-hydrogen) atoms. The zero-order valence-corrected chi connectivity index (χ0v) is 10.2. The SMILES string of the molecule is O=c1c(-c2ccccc2)ccnn1CCBr. The Balaban J connectivity index is 2.51. The van der Waals surface area contributed by atoms with Crippen molar-refractivity contribution in [3.05, 3.63) is 52.9 Å². The molecule has 1 aromatic heterocycles. The molecular weight excluding hydrogens is 268 g/mol. The predicted octanol–water partition coefficient (Wildman–Crippen LogP) is 2.31. The van der Waals surface area contributed by atoms with Gasteiger partial charge in [0.25, 0.3) is 5.56 Å². The highest BCUT2D eigenvalue weighted by atomic mass is 79.9. The molecule has 0 radical (unpaired) electrons. The second kappa shape index (κ2) is 5.07. The lowest BCUT2D eigenvalue weighted by Gasteiger charge is -2.04. The van der Waals surface area contributed by atoms with Crippen LogP contribution in [0.1, 0.15) is 0 Å². The van der Waals surface area contributed by atoms with Crippen LogP contribution in [0.5, 0.6) is 0 Å². The molecule has 0 atom stereocenters. The van der Waals surface area contributed by atoms with Crippen LogP contribution < -0.4 is 5.56 Å². The fraction of sp³-hybridized carbons (Fsp3) is 0.167. The summed E-state index contributed by atoms with van der Waals surface area (Å²) in [6.45, 7) is 0.583. The molecule has 1 aromatic carbocycles. The average molecular weight is 279 g/mol. The van der Waals surface area contributed by atoms with E-state index in [1.807, 2.05) is 30.3 Å². The van der Waals surface area contributed by atoms with Gasteiger partial charge in [-0.15, -0.1) is 0 Å². The number of benzene rings is 1. The van der Waals surface area contributed by atoms with Crippen LogP contribution in [0.2, 0.25) is 0 Å². The molecule has 4 heteroatoms. The lowest BCUT2D eigenvalue weighted by molar-refractivity contribution is 0.625. The first-order valence-electron chi connectivity index (χ1n) is 5.00. The van der Waals surface area contributed by atoms with Crippen LogP contribution in [-0.4, -0.2) is 15.1 Å². The molecule has 2 rings (SSSR count). The summed E-state index contributed by atoms with van der Waals surface area (Å²) in [6, 6.07) is 11.4. The Bertz CT molecular complexity index is 522. The lowest BCUT2D eigenvalue weighted by atomic mass is 10.1. The van der Waals surface area contributed by atoms with Crippen LogP contribution in [0.3, 0.4) is 0 Å². The first kappa shape index (κ1) is 11.1. The molecule has 0 aliphatic rings. The maximum atomic E-state index is 12.0. The van der Waals surface area contributed by atoms with E-state index < -0.39 is 0 Å². The van der Waals surface area contributed by atoms with Crippen molar-refractivity contribution in [3.8, 4) is 11.1 Å². The van der Waals surface area contributed by atoms with Gasteiger partial charge < -0.3 is 0 Å². The molecule has 3 nitrogen and oxygen atoms in total. The summed E-state index contributed by atoms with van der Waals surface area (Å²) in [6.07, 6.45) is 1.66. The zero-order valence-electron chi connectivity index (χ0n) is 8.64. The minimum Gasteiger partial charge on any atom is -0.267 e. The third-order valence-corrected chi connectivity index (χ3v) is 2.65. The van der Waals surface area contributed by atoms with E-state index in [0.717, 1.165) is 10.9 Å². The summed E-state index contributed by atoms with van der Waals surface area (Å²) in [5, 5.41) is 4.75. The van der Waals surface area contributed by atoms with Crippen molar-refractivity contribution in [3.63, 3.8) is 0 Å². The van der Waals surface area contributed by atoms with E-state index in [0.29, 0.717) is 12.1 Å². The first-order valence-corrected chi connectivity index (χ1v) is 6.12. The molecular formula is C12H11BrN2O. The standard InChI is InChI=1S/C12H11BrN2O/c13-7-9-15-12(16)11(6-8-14-15)10-4-2-1-3-5-10/h1-6,8H,7,9H2. The fourth-order valence-corrected chi connectivity index (χ4v) is 1.86. The smallest absolute Gasteiger partial charge is 0.267 e. The van der Waals surface area contributed by atoms with Crippen LogP contribution >= 0.6 is 15.9 Å².